The van der Waals surface area contributed by atoms with Crippen molar-refractivity contribution in [3.63, 3.8) is 0 Å². The van der Waals surface area contributed by atoms with Crippen molar-refractivity contribution in [3.05, 3.63) is 129 Å². The molecule has 0 atom stereocenters. The quantitative estimate of drug-likeness (QED) is 0.0365. The Morgan fingerprint density at radius 2 is 0.525 bits per heavy atom. The Morgan fingerprint density at radius 3 is 0.847 bits per heavy atom. The van der Waals surface area contributed by atoms with Crippen LogP contribution < -0.4 is 11.5 Å². The lowest BCUT2D eigenvalue weighted by Gasteiger charge is -2.10. The van der Waals surface area contributed by atoms with Gasteiger partial charge in [-0.05, 0) is 121 Å². The number of aryl methyl sites for hydroxylation is 4. The van der Waals surface area contributed by atoms with E-state index in [0.717, 1.165) is 37.1 Å². The number of hydrogen-bond donors (Lipinski definition) is 2. The summed E-state index contributed by atoms with van der Waals surface area (Å²) < 4.78 is 0. The summed E-state index contributed by atoms with van der Waals surface area (Å²) in [7, 11) is 0. The number of nitrogen functional groups attached to an aromatic ring is 2. The highest BCUT2D eigenvalue weighted by molar-refractivity contribution is 5.50. The van der Waals surface area contributed by atoms with Crippen LogP contribution in [0.3, 0.4) is 0 Å². The minimum Gasteiger partial charge on any atom is -0.399 e. The van der Waals surface area contributed by atoms with Crippen LogP contribution in [-0.2, 0) is 38.5 Å². The van der Waals surface area contributed by atoms with E-state index < -0.39 is 0 Å². The highest BCUT2D eigenvalue weighted by Gasteiger charge is 2.06. The average molecular weight is 799 g/mol. The van der Waals surface area contributed by atoms with Gasteiger partial charge < -0.3 is 11.5 Å². The Balaban J connectivity index is 0.946. The van der Waals surface area contributed by atoms with Crippen LogP contribution in [0.15, 0.2) is 84.9 Å². The molecule has 4 aromatic rings. The van der Waals surface area contributed by atoms with Gasteiger partial charge in [-0.2, -0.15) is 0 Å². The first-order valence-electron chi connectivity index (χ1n) is 24.9. The summed E-state index contributed by atoms with van der Waals surface area (Å²) in [6.45, 7) is 4.56. The van der Waals surface area contributed by atoms with E-state index in [-0.39, 0.29) is 0 Å². The van der Waals surface area contributed by atoms with Gasteiger partial charge in [0.2, 0.25) is 0 Å². The van der Waals surface area contributed by atoms with Gasteiger partial charge in [-0.15, -0.1) is 0 Å². The van der Waals surface area contributed by atoms with Gasteiger partial charge in [0, 0.05) is 11.4 Å². The Hall–Kier alpha value is -3.52. The fourth-order valence-electron chi connectivity index (χ4n) is 8.88. The van der Waals surface area contributed by atoms with Crippen LogP contribution in [-0.4, -0.2) is 0 Å². The second kappa shape index (κ2) is 30.5. The number of rotatable bonds is 34. The molecule has 0 aliphatic rings. The molecule has 2 nitrogen and oxygen atoms in total. The molecule has 4 aromatic carbocycles. The van der Waals surface area contributed by atoms with Crippen LogP contribution in [0.25, 0.3) is 0 Å². The van der Waals surface area contributed by atoms with Crippen molar-refractivity contribution in [1.82, 2.24) is 0 Å². The van der Waals surface area contributed by atoms with Crippen LogP contribution in [0, 0.1) is 0 Å². The molecular weight excluding hydrogens is 713 g/mol. The summed E-state index contributed by atoms with van der Waals surface area (Å²) in [5.74, 6) is 0. The van der Waals surface area contributed by atoms with E-state index in [0.29, 0.717) is 0 Å². The van der Waals surface area contributed by atoms with E-state index in [1.165, 1.54) is 218 Å². The molecule has 0 saturated carbocycles. The third kappa shape index (κ3) is 21.0. The lowest BCUT2D eigenvalue weighted by atomic mass is 9.97. The zero-order chi connectivity index (χ0) is 41.6. The SMILES string of the molecule is CCCCCCCCc1cc(Cc2ccc(CCCCCCCCCCCCCCCc3ccc(Cc4ccc(N)c(CCCCCCCC)c4)cc3)cc2)ccc1N. The Morgan fingerprint density at radius 1 is 0.271 bits per heavy atom. The number of anilines is 2. The summed E-state index contributed by atoms with van der Waals surface area (Å²) in [6.07, 6.45) is 40.6. The lowest BCUT2D eigenvalue weighted by molar-refractivity contribution is 0.536. The zero-order valence-electron chi connectivity index (χ0n) is 38.2. The molecule has 0 radical (unpaired) electrons. The molecule has 324 valence electrons. The maximum absolute atomic E-state index is 6.33. The Kier molecular flexibility index (Phi) is 24.9. The molecule has 0 spiro atoms. The maximum atomic E-state index is 6.33. The van der Waals surface area contributed by atoms with Crippen molar-refractivity contribution >= 4 is 11.4 Å². The summed E-state index contributed by atoms with van der Waals surface area (Å²) in [4.78, 5) is 0. The van der Waals surface area contributed by atoms with Gasteiger partial charge in [-0.1, -0.05) is 221 Å². The van der Waals surface area contributed by atoms with E-state index in [4.69, 9.17) is 11.5 Å². The van der Waals surface area contributed by atoms with E-state index in [1.54, 1.807) is 0 Å². The first kappa shape index (κ1) is 48.1. The van der Waals surface area contributed by atoms with Gasteiger partial charge >= 0.3 is 0 Å². The lowest BCUT2D eigenvalue weighted by Crippen LogP contribution is -1.98. The molecule has 0 heterocycles. The monoisotopic (exact) mass is 799 g/mol. The summed E-state index contributed by atoms with van der Waals surface area (Å²) in [5.41, 5.74) is 25.8. The molecule has 0 aromatic heterocycles. The molecule has 59 heavy (non-hydrogen) atoms. The largest absolute Gasteiger partial charge is 0.399 e. The molecule has 4 N–H and O–H groups in total. The maximum Gasteiger partial charge on any atom is 0.0346 e. The second-order valence-electron chi connectivity index (χ2n) is 18.2. The van der Waals surface area contributed by atoms with Crippen molar-refractivity contribution in [2.45, 2.75) is 213 Å². The standard InChI is InChI=1S/C57H86N2/c1-3-5-7-9-22-26-30-54-46-52(40-42-56(54)58)44-50-36-32-48(33-37-50)28-24-20-18-16-14-12-11-13-15-17-19-21-25-29-49-34-38-51(39-35-49)45-53-41-43-57(59)55(47-53)31-27-23-10-8-6-4-2/h32-43,46-47H,3-31,44-45,58-59H2,1-2H3. The third-order valence-electron chi connectivity index (χ3n) is 12.8. The Bertz CT molecular complexity index is 1510. The van der Waals surface area contributed by atoms with Gasteiger partial charge in [0.25, 0.3) is 0 Å². The van der Waals surface area contributed by atoms with E-state index in [2.05, 4.69) is 98.8 Å². The zero-order valence-corrected chi connectivity index (χ0v) is 38.2. The van der Waals surface area contributed by atoms with E-state index >= 15 is 0 Å². The fraction of sp³-hybridized carbons (Fsp3) is 0.579. The molecule has 0 aliphatic heterocycles. The summed E-state index contributed by atoms with van der Waals surface area (Å²) in [5, 5.41) is 0. The second-order valence-corrected chi connectivity index (χ2v) is 18.2. The highest BCUT2D eigenvalue weighted by atomic mass is 14.6. The molecule has 0 amide bonds. The molecule has 0 fully saturated rings. The van der Waals surface area contributed by atoms with Gasteiger partial charge in [-0.25, -0.2) is 0 Å². The Labute approximate surface area is 363 Å². The molecule has 0 saturated heterocycles. The van der Waals surface area contributed by atoms with E-state index in [1.807, 2.05) is 0 Å². The molecule has 0 aliphatic carbocycles. The van der Waals surface area contributed by atoms with Crippen LogP contribution in [0.1, 0.15) is 219 Å². The fourth-order valence-corrected chi connectivity index (χ4v) is 8.88. The number of benzene rings is 4. The number of hydrogen-bond acceptors (Lipinski definition) is 2. The van der Waals surface area contributed by atoms with Crippen molar-refractivity contribution < 1.29 is 0 Å². The van der Waals surface area contributed by atoms with Crippen LogP contribution in [0.2, 0.25) is 0 Å². The van der Waals surface area contributed by atoms with Gasteiger partial charge in [0.1, 0.15) is 0 Å². The van der Waals surface area contributed by atoms with Gasteiger partial charge in [-0.3, -0.25) is 0 Å². The molecular formula is C57H86N2. The van der Waals surface area contributed by atoms with Gasteiger partial charge in [0.15, 0.2) is 0 Å². The molecule has 4 rings (SSSR count). The van der Waals surface area contributed by atoms with Crippen LogP contribution in [0.5, 0.6) is 0 Å². The van der Waals surface area contributed by atoms with Gasteiger partial charge in [0.05, 0.1) is 0 Å². The normalized spacial score (nSPS) is 11.4. The predicted octanol–water partition coefficient (Wildman–Crippen LogP) is 16.7. The van der Waals surface area contributed by atoms with Crippen LogP contribution in [0.4, 0.5) is 11.4 Å². The topological polar surface area (TPSA) is 52.0 Å². The minimum absolute atomic E-state index is 0.960. The first-order chi connectivity index (χ1) is 29.0. The number of unbranched alkanes of at least 4 members (excludes halogenated alkanes) is 22. The van der Waals surface area contributed by atoms with Crippen molar-refractivity contribution in [2.24, 2.45) is 0 Å². The summed E-state index contributed by atoms with van der Waals surface area (Å²) in [6, 6.07) is 32.2. The minimum atomic E-state index is 0.960. The van der Waals surface area contributed by atoms with Crippen molar-refractivity contribution in [1.29, 1.82) is 0 Å². The summed E-state index contributed by atoms with van der Waals surface area (Å²) >= 11 is 0. The van der Waals surface area contributed by atoms with Crippen LogP contribution >= 0.6 is 0 Å². The van der Waals surface area contributed by atoms with E-state index in [9.17, 15) is 0 Å². The average Bonchev–Trinajstić information content (AvgIpc) is 3.25. The highest BCUT2D eigenvalue weighted by Crippen LogP contribution is 2.23. The van der Waals surface area contributed by atoms with Crippen molar-refractivity contribution in [2.75, 3.05) is 11.5 Å². The first-order valence-corrected chi connectivity index (χ1v) is 24.9. The molecule has 0 unspecified atom stereocenters. The molecule has 2 heteroatoms. The number of nitrogens with two attached hydrogens (primary N) is 2. The predicted molar refractivity (Wildman–Crippen MR) is 262 cm³/mol. The third-order valence-corrected chi connectivity index (χ3v) is 12.8. The smallest absolute Gasteiger partial charge is 0.0346 e. The molecule has 0 bridgehead atoms. The van der Waals surface area contributed by atoms with Crippen molar-refractivity contribution in [3.8, 4) is 0 Å².